The Morgan fingerprint density at radius 3 is 2.16 bits per heavy atom. The van der Waals surface area contributed by atoms with Gasteiger partial charge in [-0.3, -0.25) is 4.79 Å². The molecule has 198 valence electrons. The molecule has 0 N–H and O–H groups in total. The number of nitrogens with zero attached hydrogens (tertiary/aromatic N) is 2. The summed E-state index contributed by atoms with van der Waals surface area (Å²) < 4.78 is 83.1. The van der Waals surface area contributed by atoms with Crippen LogP contribution >= 0.6 is 34.8 Å². The molecule has 1 unspecified atom stereocenters. The fourth-order valence-electron chi connectivity index (χ4n) is 4.53. The van der Waals surface area contributed by atoms with Crippen LogP contribution in [-0.2, 0) is 26.3 Å². The second-order valence-corrected chi connectivity index (χ2v) is 11.0. The normalized spacial score (nSPS) is 23.4. The third kappa shape index (κ3) is 4.55. The van der Waals surface area contributed by atoms with Gasteiger partial charge in [0.15, 0.2) is 0 Å². The molecule has 1 amide bonds. The van der Waals surface area contributed by atoms with Crippen molar-refractivity contribution in [3.05, 3.63) is 68.7 Å². The number of amides is 1. The van der Waals surface area contributed by atoms with Crippen molar-refractivity contribution < 1.29 is 36.0 Å². The number of oxime groups is 1. The molecule has 0 radical (unpaired) electrons. The molecular weight excluding hydrogens is 569 g/mol. The minimum Gasteiger partial charge on any atom is -0.374 e. The van der Waals surface area contributed by atoms with E-state index in [2.05, 4.69) is 5.16 Å². The number of likely N-dealkylation sites (tertiary alicyclic amines) is 1. The van der Waals surface area contributed by atoms with Crippen LogP contribution < -0.4 is 0 Å². The summed E-state index contributed by atoms with van der Waals surface area (Å²) in [6.07, 6.45) is -9.31. The minimum atomic E-state index is -5.14. The quantitative estimate of drug-likeness (QED) is 0.280. The lowest BCUT2D eigenvalue weighted by Gasteiger charge is -2.46. The van der Waals surface area contributed by atoms with E-state index in [4.69, 9.17) is 39.6 Å². The van der Waals surface area contributed by atoms with E-state index in [0.717, 1.165) is 12.8 Å². The van der Waals surface area contributed by atoms with Gasteiger partial charge in [0.25, 0.3) is 5.60 Å². The van der Waals surface area contributed by atoms with Crippen LogP contribution in [0.15, 0.2) is 41.6 Å². The van der Waals surface area contributed by atoms with E-state index in [1.54, 1.807) is 17.0 Å². The van der Waals surface area contributed by atoms with E-state index in [1.807, 2.05) is 0 Å². The second-order valence-electron chi connectivity index (χ2n) is 9.46. The maximum atomic E-state index is 14.3. The van der Waals surface area contributed by atoms with Crippen LogP contribution in [0.3, 0.4) is 0 Å². The highest BCUT2D eigenvalue weighted by Gasteiger charge is 2.63. The van der Waals surface area contributed by atoms with Crippen LogP contribution in [0.5, 0.6) is 0 Å². The summed E-state index contributed by atoms with van der Waals surface area (Å²) >= 11 is 18.0. The molecular formula is C24H17Cl3F6N2O2. The Balaban J connectivity index is 1.39. The van der Waals surface area contributed by atoms with Gasteiger partial charge in [-0.15, -0.1) is 11.6 Å². The SMILES string of the molecule is O=C(C1CC1)N1CC(Cl)(c2ccc(C3=NOC(c4cc(Cl)c(Cl)c(C(F)(F)F)c4)(C(F)(F)F)C3)cc2)C1. The first-order valence-corrected chi connectivity index (χ1v) is 12.3. The third-order valence-corrected chi connectivity index (χ3v) is 8.10. The van der Waals surface area contributed by atoms with Gasteiger partial charge in [0, 0.05) is 31.0 Å². The van der Waals surface area contributed by atoms with Crippen LogP contribution in [0.1, 0.15) is 41.5 Å². The Morgan fingerprint density at radius 1 is 1.00 bits per heavy atom. The predicted molar refractivity (Wildman–Crippen MR) is 125 cm³/mol. The number of hydrogen-bond donors (Lipinski definition) is 0. The zero-order valence-electron chi connectivity index (χ0n) is 18.7. The first-order chi connectivity index (χ1) is 17.1. The fourth-order valence-corrected chi connectivity index (χ4v) is 5.38. The van der Waals surface area contributed by atoms with E-state index in [1.165, 1.54) is 12.1 Å². The van der Waals surface area contributed by atoms with Gasteiger partial charge in [-0.1, -0.05) is 52.6 Å². The minimum absolute atomic E-state index is 0.0700. The molecule has 2 fully saturated rings. The number of benzene rings is 2. The average molecular weight is 586 g/mol. The van der Waals surface area contributed by atoms with Gasteiger partial charge in [0.1, 0.15) is 4.87 Å². The number of rotatable bonds is 4. The Hall–Kier alpha value is -2.17. The molecule has 2 aliphatic heterocycles. The van der Waals surface area contributed by atoms with Crippen LogP contribution in [0, 0.1) is 5.92 Å². The Bertz CT molecular complexity index is 1290. The van der Waals surface area contributed by atoms with Gasteiger partial charge in [-0.2, -0.15) is 26.3 Å². The van der Waals surface area contributed by atoms with Gasteiger partial charge in [0.2, 0.25) is 5.91 Å². The highest BCUT2D eigenvalue weighted by Crippen LogP contribution is 2.51. The average Bonchev–Trinajstić information content (AvgIpc) is 3.54. The van der Waals surface area contributed by atoms with Gasteiger partial charge in [0.05, 0.1) is 21.3 Å². The van der Waals surface area contributed by atoms with E-state index >= 15 is 0 Å². The monoisotopic (exact) mass is 584 g/mol. The highest BCUT2D eigenvalue weighted by atomic mass is 35.5. The lowest BCUT2D eigenvalue weighted by molar-refractivity contribution is -0.276. The Kier molecular flexibility index (Phi) is 6.20. The van der Waals surface area contributed by atoms with Gasteiger partial charge in [-0.25, -0.2) is 0 Å². The van der Waals surface area contributed by atoms with E-state index in [9.17, 15) is 31.1 Å². The van der Waals surface area contributed by atoms with Crippen LogP contribution in [0.4, 0.5) is 26.3 Å². The van der Waals surface area contributed by atoms with Crippen LogP contribution in [0.2, 0.25) is 10.0 Å². The summed E-state index contributed by atoms with van der Waals surface area (Å²) in [5, 5.41) is 1.98. The fraction of sp³-hybridized carbons (Fsp3) is 0.417. The summed E-state index contributed by atoms with van der Waals surface area (Å²) in [6.45, 7) is 0.646. The maximum absolute atomic E-state index is 14.3. The largest absolute Gasteiger partial charge is 0.435 e. The molecule has 1 saturated heterocycles. The summed E-state index contributed by atoms with van der Waals surface area (Å²) in [5.74, 6) is 0.144. The zero-order chi connectivity index (χ0) is 27.0. The maximum Gasteiger partial charge on any atom is 0.435 e. The number of halogens is 9. The molecule has 2 aromatic rings. The third-order valence-electron chi connectivity index (χ3n) is 6.84. The molecule has 1 aliphatic carbocycles. The lowest BCUT2D eigenvalue weighted by atomic mass is 9.84. The predicted octanol–water partition coefficient (Wildman–Crippen LogP) is 7.28. The molecule has 37 heavy (non-hydrogen) atoms. The molecule has 1 saturated carbocycles. The molecule has 2 aromatic carbocycles. The topological polar surface area (TPSA) is 41.9 Å². The summed E-state index contributed by atoms with van der Waals surface area (Å²) in [6, 6.07) is 7.25. The molecule has 0 bridgehead atoms. The van der Waals surface area contributed by atoms with E-state index < -0.39 is 50.4 Å². The van der Waals surface area contributed by atoms with Crippen molar-refractivity contribution in [3.8, 4) is 0 Å². The first kappa shape index (κ1) is 26.4. The van der Waals surface area contributed by atoms with E-state index in [0.29, 0.717) is 24.7 Å². The van der Waals surface area contributed by atoms with Gasteiger partial charge >= 0.3 is 12.4 Å². The van der Waals surface area contributed by atoms with Gasteiger partial charge < -0.3 is 9.74 Å². The molecule has 1 atom stereocenters. The second kappa shape index (κ2) is 8.68. The highest BCUT2D eigenvalue weighted by molar-refractivity contribution is 6.42. The summed E-state index contributed by atoms with van der Waals surface area (Å²) in [4.78, 5) is 17.9. The number of hydrogen-bond acceptors (Lipinski definition) is 3. The molecule has 0 spiro atoms. The Labute approximate surface area is 222 Å². The lowest BCUT2D eigenvalue weighted by Crippen LogP contribution is -2.58. The van der Waals surface area contributed by atoms with Crippen molar-refractivity contribution in [2.24, 2.45) is 11.1 Å². The molecule has 3 aliphatic rings. The first-order valence-electron chi connectivity index (χ1n) is 11.1. The molecule has 0 aromatic heterocycles. The zero-order valence-corrected chi connectivity index (χ0v) is 21.0. The number of carbonyl (C=O) groups is 1. The van der Waals surface area contributed by atoms with Crippen LogP contribution in [-0.4, -0.2) is 35.8 Å². The van der Waals surface area contributed by atoms with Crippen molar-refractivity contribution in [3.63, 3.8) is 0 Å². The van der Waals surface area contributed by atoms with Crippen molar-refractivity contribution in [2.45, 2.75) is 42.1 Å². The summed E-state index contributed by atoms with van der Waals surface area (Å²) in [5.41, 5.74) is -4.74. The standard InChI is InChI=1S/C24H17Cl3F6N2O2/c25-17-8-15(7-16(19(17)26)23(28,29)30)22(24(31,32)33)9-18(34-37-22)12-3-5-14(6-4-12)21(27)10-35(11-21)20(36)13-1-2-13/h3-8,13H,1-2,9-11H2. The molecule has 4 nitrogen and oxygen atoms in total. The number of carbonyl (C=O) groups excluding carboxylic acids is 1. The van der Waals surface area contributed by atoms with E-state index in [-0.39, 0.29) is 29.2 Å². The van der Waals surface area contributed by atoms with Crippen LogP contribution in [0.25, 0.3) is 0 Å². The molecule has 5 rings (SSSR count). The van der Waals surface area contributed by atoms with Crippen molar-refractivity contribution in [1.29, 1.82) is 0 Å². The van der Waals surface area contributed by atoms with Crippen molar-refractivity contribution in [2.75, 3.05) is 13.1 Å². The number of alkyl halides is 7. The van der Waals surface area contributed by atoms with Crippen molar-refractivity contribution >= 4 is 46.4 Å². The van der Waals surface area contributed by atoms with Crippen molar-refractivity contribution in [1.82, 2.24) is 4.90 Å². The molecule has 2 heterocycles. The Morgan fingerprint density at radius 2 is 1.62 bits per heavy atom. The molecule has 13 heteroatoms. The smallest absolute Gasteiger partial charge is 0.374 e. The summed E-state index contributed by atoms with van der Waals surface area (Å²) in [7, 11) is 0. The van der Waals surface area contributed by atoms with Gasteiger partial charge in [-0.05, 0) is 36.1 Å².